The van der Waals surface area contributed by atoms with Crippen LogP contribution in [0.5, 0.6) is 5.75 Å². The lowest BCUT2D eigenvalue weighted by Crippen LogP contribution is -2.37. The highest BCUT2D eigenvalue weighted by atomic mass is 35.5. The van der Waals surface area contributed by atoms with E-state index in [-0.39, 0.29) is 24.1 Å². The first kappa shape index (κ1) is 25.3. The Morgan fingerprint density at radius 1 is 1.00 bits per heavy atom. The Morgan fingerprint density at radius 3 is 2.27 bits per heavy atom. The molecule has 7 heteroatoms. The molecule has 0 spiro atoms. The van der Waals surface area contributed by atoms with Crippen molar-refractivity contribution in [1.29, 1.82) is 0 Å². The maximum absolute atomic E-state index is 13.1. The molecule has 6 nitrogen and oxygen atoms in total. The van der Waals surface area contributed by atoms with E-state index in [0.29, 0.717) is 23.6 Å². The lowest BCUT2D eigenvalue weighted by atomic mass is 9.71. The van der Waals surface area contributed by atoms with Crippen molar-refractivity contribution in [2.24, 2.45) is 0 Å². The van der Waals surface area contributed by atoms with Gasteiger partial charge in [0.05, 0.1) is 5.02 Å². The fourth-order valence-electron chi connectivity index (χ4n) is 5.72. The summed E-state index contributed by atoms with van der Waals surface area (Å²) in [6.45, 7) is 3.76. The van der Waals surface area contributed by atoms with Crippen LogP contribution in [-0.2, 0) is 14.4 Å². The standard InChI is InChI=1S/C30H31ClN2O4/c1-17-7-4-8-21(18(17)2)32-27(36)16-37-26-14-13-19(15-20(26)31)28-29-22(9-5-11-24(29)34)33(3)23-10-6-12-25(35)30(23)28/h4,7-8,13-15,28H,5-6,9-12,16H2,1-3H3,(H,32,36). The van der Waals surface area contributed by atoms with Crippen LogP contribution in [-0.4, -0.2) is 36.0 Å². The number of allylic oxidation sites excluding steroid dienone is 4. The maximum Gasteiger partial charge on any atom is 0.262 e. The van der Waals surface area contributed by atoms with Crippen LogP contribution < -0.4 is 10.1 Å². The molecule has 0 saturated carbocycles. The van der Waals surface area contributed by atoms with Gasteiger partial charge in [-0.2, -0.15) is 0 Å². The lowest BCUT2D eigenvalue weighted by Gasteiger charge is -2.42. The number of ketones is 2. The van der Waals surface area contributed by atoms with Gasteiger partial charge in [-0.1, -0.05) is 29.8 Å². The highest BCUT2D eigenvalue weighted by Crippen LogP contribution is 2.49. The molecule has 192 valence electrons. The van der Waals surface area contributed by atoms with E-state index in [1.165, 1.54) is 0 Å². The van der Waals surface area contributed by atoms with Crippen molar-refractivity contribution in [2.75, 3.05) is 19.0 Å². The number of rotatable bonds is 5. The molecule has 1 amide bonds. The Balaban J connectivity index is 1.40. The van der Waals surface area contributed by atoms with Gasteiger partial charge >= 0.3 is 0 Å². The van der Waals surface area contributed by atoms with E-state index in [2.05, 4.69) is 10.2 Å². The number of carbonyl (C=O) groups is 3. The largest absolute Gasteiger partial charge is 0.482 e. The van der Waals surface area contributed by atoms with Crippen molar-refractivity contribution >= 4 is 34.8 Å². The van der Waals surface area contributed by atoms with E-state index in [4.69, 9.17) is 16.3 Å². The highest BCUT2D eigenvalue weighted by molar-refractivity contribution is 6.32. The zero-order valence-electron chi connectivity index (χ0n) is 21.4. The number of hydrogen-bond donors (Lipinski definition) is 1. The highest BCUT2D eigenvalue weighted by Gasteiger charge is 2.42. The molecule has 0 saturated heterocycles. The van der Waals surface area contributed by atoms with Crippen molar-refractivity contribution in [3.05, 3.63) is 80.7 Å². The third-order valence-corrected chi connectivity index (χ3v) is 8.07. The fraction of sp³-hybridized carbons (Fsp3) is 0.367. The van der Waals surface area contributed by atoms with Gasteiger partial charge in [0.1, 0.15) is 5.75 Å². The van der Waals surface area contributed by atoms with Gasteiger partial charge in [0.25, 0.3) is 5.91 Å². The number of aryl methyl sites for hydroxylation is 1. The zero-order chi connectivity index (χ0) is 26.3. The molecular formula is C30H31ClN2O4. The van der Waals surface area contributed by atoms with Gasteiger partial charge in [-0.3, -0.25) is 14.4 Å². The number of amides is 1. The lowest BCUT2D eigenvalue weighted by molar-refractivity contribution is -0.118. The molecule has 1 N–H and O–H groups in total. The summed E-state index contributed by atoms with van der Waals surface area (Å²) >= 11 is 6.62. The van der Waals surface area contributed by atoms with Crippen LogP contribution in [0.2, 0.25) is 5.02 Å². The summed E-state index contributed by atoms with van der Waals surface area (Å²) in [7, 11) is 1.98. The van der Waals surface area contributed by atoms with Crippen LogP contribution in [0.15, 0.2) is 58.9 Å². The molecule has 0 atom stereocenters. The molecule has 3 aliphatic rings. The van der Waals surface area contributed by atoms with Crippen molar-refractivity contribution < 1.29 is 19.1 Å². The number of ether oxygens (including phenoxy) is 1. The number of anilines is 1. The molecule has 0 aromatic heterocycles. The van der Waals surface area contributed by atoms with Gasteiger partial charge in [-0.15, -0.1) is 0 Å². The van der Waals surface area contributed by atoms with Gasteiger partial charge in [0.15, 0.2) is 18.2 Å². The third kappa shape index (κ3) is 4.71. The Bertz CT molecular complexity index is 1330. The second-order valence-corrected chi connectivity index (χ2v) is 10.4. The summed E-state index contributed by atoms with van der Waals surface area (Å²) in [6.07, 6.45) is 4.27. The zero-order valence-corrected chi connectivity index (χ0v) is 22.2. The molecule has 2 aliphatic carbocycles. The predicted octanol–water partition coefficient (Wildman–Crippen LogP) is 6.02. The average molecular weight is 519 g/mol. The molecule has 1 aliphatic heterocycles. The maximum atomic E-state index is 13.1. The summed E-state index contributed by atoms with van der Waals surface area (Å²) < 4.78 is 5.75. The molecule has 1 heterocycles. The Kier molecular flexibility index (Phi) is 6.95. The molecular weight excluding hydrogens is 488 g/mol. The number of Topliss-reactive ketones (excluding diaryl/α,β-unsaturated/α-hetero) is 2. The van der Waals surface area contributed by atoms with E-state index in [1.54, 1.807) is 12.1 Å². The first-order valence-electron chi connectivity index (χ1n) is 12.8. The van der Waals surface area contributed by atoms with Crippen LogP contribution in [0.3, 0.4) is 0 Å². The minimum absolute atomic E-state index is 0.0996. The van der Waals surface area contributed by atoms with Crippen molar-refractivity contribution in [2.45, 2.75) is 58.3 Å². The van der Waals surface area contributed by atoms with E-state index in [9.17, 15) is 14.4 Å². The molecule has 37 heavy (non-hydrogen) atoms. The van der Waals surface area contributed by atoms with Crippen molar-refractivity contribution in [3.63, 3.8) is 0 Å². The first-order chi connectivity index (χ1) is 17.8. The monoisotopic (exact) mass is 518 g/mol. The Morgan fingerprint density at radius 2 is 1.65 bits per heavy atom. The number of carbonyl (C=O) groups excluding carboxylic acids is 3. The van der Waals surface area contributed by atoms with Gasteiger partial charge < -0.3 is 15.0 Å². The van der Waals surface area contributed by atoms with Gasteiger partial charge in [0, 0.05) is 54.0 Å². The molecule has 0 radical (unpaired) electrons. The van der Waals surface area contributed by atoms with Crippen molar-refractivity contribution in [3.8, 4) is 5.75 Å². The predicted molar refractivity (Wildman–Crippen MR) is 144 cm³/mol. The van der Waals surface area contributed by atoms with E-state index >= 15 is 0 Å². The van der Waals surface area contributed by atoms with E-state index < -0.39 is 5.92 Å². The SMILES string of the molecule is Cc1cccc(NC(=O)COc2ccc(C3C4=C(CCCC4=O)N(C)C4=C3C(=O)CCC4)cc2Cl)c1C. The molecule has 2 aromatic rings. The number of hydrogen-bond acceptors (Lipinski definition) is 5. The second kappa shape index (κ2) is 10.2. The van der Waals surface area contributed by atoms with Gasteiger partial charge in [0.2, 0.25) is 0 Å². The van der Waals surface area contributed by atoms with Crippen LogP contribution in [0.25, 0.3) is 0 Å². The number of nitrogens with one attached hydrogen (secondary N) is 1. The summed E-state index contributed by atoms with van der Waals surface area (Å²) in [5, 5.41) is 3.22. The molecule has 0 bridgehead atoms. The van der Waals surface area contributed by atoms with E-state index in [0.717, 1.165) is 70.6 Å². The Hall–Kier alpha value is -3.38. The molecule has 2 aromatic carbocycles. The minimum Gasteiger partial charge on any atom is -0.482 e. The normalized spacial score (nSPS) is 18.1. The summed E-state index contributed by atoms with van der Waals surface area (Å²) in [4.78, 5) is 40.9. The number of benzene rings is 2. The summed E-state index contributed by atoms with van der Waals surface area (Å²) in [6, 6.07) is 11.1. The molecule has 5 rings (SSSR count). The summed E-state index contributed by atoms with van der Waals surface area (Å²) in [5.41, 5.74) is 7.14. The number of halogens is 1. The van der Waals surface area contributed by atoms with Gasteiger partial charge in [-0.05, 0) is 74.4 Å². The van der Waals surface area contributed by atoms with Crippen LogP contribution in [0.4, 0.5) is 5.69 Å². The molecule has 0 unspecified atom stereocenters. The van der Waals surface area contributed by atoms with Crippen molar-refractivity contribution in [1.82, 2.24) is 4.90 Å². The molecule has 0 fully saturated rings. The quantitative estimate of drug-likeness (QED) is 0.524. The third-order valence-electron chi connectivity index (χ3n) is 7.77. The fourth-order valence-corrected chi connectivity index (χ4v) is 5.96. The number of nitrogens with zero attached hydrogens (tertiary/aromatic N) is 1. The van der Waals surface area contributed by atoms with Crippen LogP contribution >= 0.6 is 11.6 Å². The van der Waals surface area contributed by atoms with Gasteiger partial charge in [-0.25, -0.2) is 0 Å². The van der Waals surface area contributed by atoms with E-state index in [1.807, 2.05) is 45.2 Å². The Labute approximate surface area is 222 Å². The smallest absolute Gasteiger partial charge is 0.262 e. The van der Waals surface area contributed by atoms with Crippen LogP contribution in [0, 0.1) is 13.8 Å². The summed E-state index contributed by atoms with van der Waals surface area (Å²) in [5.74, 6) is -0.122. The second-order valence-electron chi connectivity index (χ2n) is 10.0. The van der Waals surface area contributed by atoms with Crippen LogP contribution in [0.1, 0.15) is 61.1 Å². The first-order valence-corrected chi connectivity index (χ1v) is 13.2. The minimum atomic E-state index is -0.416. The average Bonchev–Trinajstić information content (AvgIpc) is 2.87. The topological polar surface area (TPSA) is 75.7 Å².